The van der Waals surface area contributed by atoms with Gasteiger partial charge >= 0.3 is 0 Å². The van der Waals surface area contributed by atoms with E-state index in [1.807, 2.05) is 37.3 Å². The van der Waals surface area contributed by atoms with Crippen LogP contribution in [-0.4, -0.2) is 23.9 Å². The molecule has 0 spiro atoms. The summed E-state index contributed by atoms with van der Waals surface area (Å²) in [6.07, 6.45) is 0.701. The highest BCUT2D eigenvalue weighted by Crippen LogP contribution is 2.17. The lowest BCUT2D eigenvalue weighted by Gasteiger charge is -2.22. The van der Waals surface area contributed by atoms with E-state index in [-0.39, 0.29) is 6.61 Å². The Bertz CT molecular complexity index is 411. The van der Waals surface area contributed by atoms with Gasteiger partial charge in [-0.05, 0) is 19.4 Å². The first kappa shape index (κ1) is 14.5. The minimum absolute atomic E-state index is 0.0453. The van der Waals surface area contributed by atoms with Crippen LogP contribution in [0, 0.1) is 11.3 Å². The summed E-state index contributed by atoms with van der Waals surface area (Å²) in [5, 5.41) is 21.6. The molecule has 4 nitrogen and oxygen atoms in total. The fraction of sp³-hybridized carbons (Fsp3) is 0.500. The Morgan fingerprint density at radius 3 is 2.83 bits per heavy atom. The summed E-state index contributed by atoms with van der Waals surface area (Å²) in [6.45, 7) is 4.93. The maximum absolute atomic E-state index is 9.88. The SMILES string of the molecule is CCC(C)(O)CNCc1ccccc1OCC#N. The van der Waals surface area contributed by atoms with Crippen LogP contribution in [0.4, 0.5) is 0 Å². The molecule has 0 fully saturated rings. The number of rotatable bonds is 7. The normalized spacial score (nSPS) is 13.7. The lowest BCUT2D eigenvalue weighted by Crippen LogP contribution is -2.36. The van der Waals surface area contributed by atoms with Crippen molar-refractivity contribution in [2.75, 3.05) is 13.2 Å². The van der Waals surface area contributed by atoms with Gasteiger partial charge in [0, 0.05) is 18.7 Å². The first-order valence-electron chi connectivity index (χ1n) is 6.10. The first-order valence-corrected chi connectivity index (χ1v) is 6.10. The second-order valence-corrected chi connectivity index (χ2v) is 4.51. The number of nitrogens with zero attached hydrogens (tertiary/aromatic N) is 1. The van der Waals surface area contributed by atoms with E-state index >= 15 is 0 Å². The Hall–Kier alpha value is -1.57. The summed E-state index contributed by atoms with van der Waals surface area (Å²) in [6, 6.07) is 9.53. The van der Waals surface area contributed by atoms with Gasteiger partial charge < -0.3 is 15.2 Å². The van der Waals surface area contributed by atoms with Crippen molar-refractivity contribution in [2.24, 2.45) is 0 Å². The molecule has 0 aliphatic carbocycles. The lowest BCUT2D eigenvalue weighted by molar-refractivity contribution is 0.0555. The predicted octanol–water partition coefficient (Wildman–Crippen LogP) is 1.84. The molecule has 0 radical (unpaired) electrons. The molecule has 1 unspecified atom stereocenters. The van der Waals surface area contributed by atoms with Crippen LogP contribution in [0.25, 0.3) is 0 Å². The maximum Gasteiger partial charge on any atom is 0.174 e. The molecule has 0 saturated heterocycles. The highest BCUT2D eigenvalue weighted by Gasteiger charge is 2.16. The molecule has 0 aliphatic rings. The predicted molar refractivity (Wildman–Crippen MR) is 70.2 cm³/mol. The van der Waals surface area contributed by atoms with E-state index in [2.05, 4.69) is 5.32 Å². The van der Waals surface area contributed by atoms with E-state index in [0.717, 1.165) is 5.56 Å². The number of hydrogen-bond donors (Lipinski definition) is 2. The van der Waals surface area contributed by atoms with Gasteiger partial charge in [0.05, 0.1) is 5.60 Å². The second-order valence-electron chi connectivity index (χ2n) is 4.51. The molecule has 98 valence electrons. The summed E-state index contributed by atoms with van der Waals surface area (Å²) >= 11 is 0. The van der Waals surface area contributed by atoms with Crippen molar-refractivity contribution in [3.05, 3.63) is 29.8 Å². The third-order valence-corrected chi connectivity index (χ3v) is 2.85. The zero-order valence-electron chi connectivity index (χ0n) is 10.9. The number of benzene rings is 1. The monoisotopic (exact) mass is 248 g/mol. The van der Waals surface area contributed by atoms with Gasteiger partial charge in [-0.1, -0.05) is 25.1 Å². The van der Waals surface area contributed by atoms with E-state index in [1.54, 1.807) is 6.92 Å². The Morgan fingerprint density at radius 2 is 2.17 bits per heavy atom. The van der Waals surface area contributed by atoms with E-state index in [9.17, 15) is 5.11 Å². The second kappa shape index (κ2) is 7.00. The van der Waals surface area contributed by atoms with Crippen molar-refractivity contribution in [1.29, 1.82) is 5.26 Å². The summed E-state index contributed by atoms with van der Waals surface area (Å²) in [7, 11) is 0. The van der Waals surface area contributed by atoms with Crippen LogP contribution in [0.1, 0.15) is 25.8 Å². The average Bonchev–Trinajstić information content (AvgIpc) is 2.37. The molecule has 18 heavy (non-hydrogen) atoms. The van der Waals surface area contributed by atoms with Gasteiger partial charge in [0.2, 0.25) is 0 Å². The number of para-hydroxylation sites is 1. The first-order chi connectivity index (χ1) is 8.59. The quantitative estimate of drug-likeness (QED) is 0.772. The highest BCUT2D eigenvalue weighted by atomic mass is 16.5. The molecule has 2 N–H and O–H groups in total. The van der Waals surface area contributed by atoms with Crippen LogP contribution in [0.2, 0.25) is 0 Å². The van der Waals surface area contributed by atoms with Gasteiger partial charge in [-0.25, -0.2) is 0 Å². The molecule has 0 heterocycles. The van der Waals surface area contributed by atoms with Crippen molar-refractivity contribution < 1.29 is 9.84 Å². The van der Waals surface area contributed by atoms with E-state index < -0.39 is 5.60 Å². The third kappa shape index (κ3) is 4.74. The molecule has 4 heteroatoms. The zero-order valence-corrected chi connectivity index (χ0v) is 10.9. The molecule has 1 atom stereocenters. The van der Waals surface area contributed by atoms with Crippen LogP contribution >= 0.6 is 0 Å². The number of aliphatic hydroxyl groups is 1. The summed E-state index contributed by atoms with van der Waals surface area (Å²) in [5.74, 6) is 0.711. The number of nitrogens with one attached hydrogen (secondary N) is 1. The molecule has 0 amide bonds. The molecule has 0 bridgehead atoms. The Balaban J connectivity index is 2.54. The summed E-state index contributed by atoms with van der Waals surface area (Å²) in [4.78, 5) is 0. The Labute approximate surface area is 108 Å². The van der Waals surface area contributed by atoms with Crippen LogP contribution < -0.4 is 10.1 Å². The fourth-order valence-electron chi connectivity index (χ4n) is 1.49. The van der Waals surface area contributed by atoms with Gasteiger partial charge in [-0.15, -0.1) is 0 Å². The minimum atomic E-state index is -0.692. The summed E-state index contributed by atoms with van der Waals surface area (Å²) in [5.41, 5.74) is 0.294. The fourth-order valence-corrected chi connectivity index (χ4v) is 1.49. The summed E-state index contributed by atoms with van der Waals surface area (Å²) < 4.78 is 5.33. The van der Waals surface area contributed by atoms with Crippen LogP contribution in [-0.2, 0) is 6.54 Å². The molecule has 0 aliphatic heterocycles. The van der Waals surface area contributed by atoms with Gasteiger partial charge in [0.15, 0.2) is 6.61 Å². The van der Waals surface area contributed by atoms with Crippen LogP contribution in [0.15, 0.2) is 24.3 Å². The molecule has 1 rings (SSSR count). The molecule has 0 aromatic heterocycles. The third-order valence-electron chi connectivity index (χ3n) is 2.85. The molecule has 0 saturated carbocycles. The van der Waals surface area contributed by atoms with E-state index in [1.165, 1.54) is 0 Å². The van der Waals surface area contributed by atoms with Crippen LogP contribution in [0.5, 0.6) is 5.75 Å². The number of ether oxygens (including phenoxy) is 1. The topological polar surface area (TPSA) is 65.3 Å². The van der Waals surface area contributed by atoms with Gasteiger partial charge in [0.1, 0.15) is 11.8 Å². The standard InChI is InChI=1S/C14H20N2O2/c1-3-14(2,17)11-16-10-12-6-4-5-7-13(12)18-9-8-15/h4-7,16-17H,3,9-11H2,1-2H3. The van der Waals surface area contributed by atoms with Gasteiger partial charge in [0.25, 0.3) is 0 Å². The van der Waals surface area contributed by atoms with Crippen LogP contribution in [0.3, 0.4) is 0 Å². The smallest absolute Gasteiger partial charge is 0.174 e. The van der Waals surface area contributed by atoms with Crippen molar-refractivity contribution >= 4 is 0 Å². The van der Waals surface area contributed by atoms with E-state index in [4.69, 9.17) is 10.00 Å². The zero-order chi connectivity index (χ0) is 13.4. The number of nitriles is 1. The van der Waals surface area contributed by atoms with Gasteiger partial charge in [-0.2, -0.15) is 5.26 Å². The van der Waals surface area contributed by atoms with Crippen molar-refractivity contribution in [2.45, 2.75) is 32.4 Å². The minimum Gasteiger partial charge on any atom is -0.478 e. The average molecular weight is 248 g/mol. The number of hydrogen-bond acceptors (Lipinski definition) is 4. The van der Waals surface area contributed by atoms with Crippen molar-refractivity contribution in [3.8, 4) is 11.8 Å². The largest absolute Gasteiger partial charge is 0.478 e. The van der Waals surface area contributed by atoms with Crippen molar-refractivity contribution in [1.82, 2.24) is 5.32 Å². The van der Waals surface area contributed by atoms with Crippen molar-refractivity contribution in [3.63, 3.8) is 0 Å². The molecular weight excluding hydrogens is 228 g/mol. The lowest BCUT2D eigenvalue weighted by atomic mass is 10.0. The molecular formula is C14H20N2O2. The molecule has 1 aromatic rings. The Morgan fingerprint density at radius 1 is 1.44 bits per heavy atom. The van der Waals surface area contributed by atoms with Gasteiger partial charge in [-0.3, -0.25) is 0 Å². The van der Waals surface area contributed by atoms with E-state index in [0.29, 0.717) is 25.3 Å². The molecule has 1 aromatic carbocycles. The highest BCUT2D eigenvalue weighted by molar-refractivity contribution is 5.33. The Kier molecular flexibility index (Phi) is 5.63. The maximum atomic E-state index is 9.88.